The minimum absolute atomic E-state index is 0.0792. The van der Waals surface area contributed by atoms with Crippen molar-refractivity contribution < 1.29 is 14.3 Å². The number of nitrogens with zero attached hydrogens (tertiary/aromatic N) is 2. The second-order valence-corrected chi connectivity index (χ2v) is 7.72. The van der Waals surface area contributed by atoms with Crippen LogP contribution in [0.25, 0.3) is 11.1 Å². The molecule has 0 saturated carbocycles. The van der Waals surface area contributed by atoms with E-state index in [9.17, 15) is 4.79 Å². The third-order valence-electron chi connectivity index (χ3n) is 5.30. The molecule has 1 heterocycles. The lowest BCUT2D eigenvalue weighted by Gasteiger charge is -2.15. The first-order valence-electron chi connectivity index (χ1n) is 10.6. The number of carbonyl (C=O) groups is 1. The van der Waals surface area contributed by atoms with Gasteiger partial charge in [-0.3, -0.25) is 4.79 Å². The Hall–Kier alpha value is -4.19. The lowest BCUT2D eigenvalue weighted by molar-refractivity contribution is 0.0940. The fraction of sp³-hybridized carbons (Fsp3) is 0.148. The van der Waals surface area contributed by atoms with Crippen molar-refractivity contribution in [2.24, 2.45) is 0 Å². The average Bonchev–Trinajstić information content (AvgIpc) is 2.85. The van der Waals surface area contributed by atoms with Crippen molar-refractivity contribution in [3.05, 3.63) is 102 Å². The molecule has 4 aromatic rings. The molecule has 1 N–H and O–H groups in total. The molecule has 6 heteroatoms. The smallest absolute Gasteiger partial charge is 0.321 e. The molecule has 0 aliphatic rings. The molecule has 0 radical (unpaired) electrons. The van der Waals surface area contributed by atoms with Crippen LogP contribution in [0.15, 0.2) is 85.2 Å². The number of ether oxygens (including phenoxy) is 2. The molecule has 3 aromatic carbocycles. The summed E-state index contributed by atoms with van der Waals surface area (Å²) >= 11 is 0. The Balaban J connectivity index is 1.38. The highest BCUT2D eigenvalue weighted by Gasteiger charge is 2.12. The highest BCUT2D eigenvalue weighted by Crippen LogP contribution is 2.24. The number of hydrogen-bond donors (Lipinski definition) is 1. The SMILES string of the molecule is COc1ccc(Oc2ncc(-c3ccc(C(=O)N[C@H](C)c4ccc(C)cc4)cc3)cn2)cc1. The van der Waals surface area contributed by atoms with Crippen molar-refractivity contribution >= 4 is 5.91 Å². The van der Waals surface area contributed by atoms with E-state index in [1.165, 1.54) is 5.56 Å². The summed E-state index contributed by atoms with van der Waals surface area (Å²) in [6.07, 6.45) is 3.39. The fourth-order valence-electron chi connectivity index (χ4n) is 3.30. The Kier molecular flexibility index (Phi) is 6.64. The van der Waals surface area contributed by atoms with E-state index in [4.69, 9.17) is 9.47 Å². The van der Waals surface area contributed by atoms with Gasteiger partial charge in [0, 0.05) is 23.5 Å². The van der Waals surface area contributed by atoms with E-state index in [1.54, 1.807) is 43.8 Å². The number of benzene rings is 3. The van der Waals surface area contributed by atoms with Crippen LogP contribution < -0.4 is 14.8 Å². The molecule has 1 amide bonds. The minimum Gasteiger partial charge on any atom is -0.497 e. The van der Waals surface area contributed by atoms with E-state index < -0.39 is 0 Å². The van der Waals surface area contributed by atoms with Gasteiger partial charge in [-0.15, -0.1) is 0 Å². The van der Waals surface area contributed by atoms with Crippen molar-refractivity contribution in [3.63, 3.8) is 0 Å². The van der Waals surface area contributed by atoms with E-state index in [2.05, 4.69) is 15.3 Å². The van der Waals surface area contributed by atoms with Crippen LogP contribution in [0.5, 0.6) is 17.5 Å². The second-order valence-electron chi connectivity index (χ2n) is 7.72. The molecule has 0 spiro atoms. The highest BCUT2D eigenvalue weighted by molar-refractivity contribution is 5.94. The van der Waals surface area contributed by atoms with Gasteiger partial charge in [0.05, 0.1) is 13.2 Å². The fourth-order valence-corrected chi connectivity index (χ4v) is 3.30. The van der Waals surface area contributed by atoms with Crippen LogP contribution in [0, 0.1) is 6.92 Å². The second kappa shape index (κ2) is 9.96. The maximum absolute atomic E-state index is 12.6. The summed E-state index contributed by atoms with van der Waals surface area (Å²) in [5, 5.41) is 3.04. The molecule has 0 saturated heterocycles. The zero-order valence-corrected chi connectivity index (χ0v) is 18.8. The number of amides is 1. The molecule has 1 atom stereocenters. The molecule has 0 fully saturated rings. The molecule has 1 aromatic heterocycles. The number of aryl methyl sites for hydroxylation is 1. The number of nitrogens with one attached hydrogen (secondary N) is 1. The Morgan fingerprint density at radius 3 is 2.03 bits per heavy atom. The normalized spacial score (nSPS) is 11.5. The molecule has 6 nitrogen and oxygen atoms in total. The molecular weight excluding hydrogens is 414 g/mol. The molecule has 0 aliphatic heterocycles. The number of hydrogen-bond acceptors (Lipinski definition) is 5. The Labute approximate surface area is 193 Å². The Morgan fingerprint density at radius 1 is 0.818 bits per heavy atom. The van der Waals surface area contributed by atoms with E-state index in [-0.39, 0.29) is 18.0 Å². The molecule has 166 valence electrons. The van der Waals surface area contributed by atoms with Crippen LogP contribution >= 0.6 is 0 Å². The summed E-state index contributed by atoms with van der Waals surface area (Å²) in [4.78, 5) is 21.2. The van der Waals surface area contributed by atoms with Crippen molar-refractivity contribution in [1.82, 2.24) is 15.3 Å². The predicted octanol–water partition coefficient (Wildman–Crippen LogP) is 5.74. The quantitative estimate of drug-likeness (QED) is 0.397. The predicted molar refractivity (Wildman–Crippen MR) is 128 cm³/mol. The first-order valence-corrected chi connectivity index (χ1v) is 10.6. The van der Waals surface area contributed by atoms with Gasteiger partial charge in [0.1, 0.15) is 11.5 Å². The number of carbonyl (C=O) groups excluding carboxylic acids is 1. The molecular formula is C27H25N3O3. The van der Waals surface area contributed by atoms with Crippen molar-refractivity contribution in [3.8, 4) is 28.6 Å². The maximum atomic E-state index is 12.6. The average molecular weight is 440 g/mol. The number of aromatic nitrogens is 2. The summed E-state index contributed by atoms with van der Waals surface area (Å²) in [5.41, 5.74) is 4.60. The van der Waals surface area contributed by atoms with Gasteiger partial charge in [-0.05, 0) is 61.4 Å². The molecule has 0 bridgehead atoms. The van der Waals surface area contributed by atoms with Crippen LogP contribution in [0.3, 0.4) is 0 Å². The van der Waals surface area contributed by atoms with E-state index in [0.717, 1.165) is 22.4 Å². The third kappa shape index (κ3) is 5.54. The van der Waals surface area contributed by atoms with E-state index >= 15 is 0 Å². The van der Waals surface area contributed by atoms with Crippen molar-refractivity contribution in [1.29, 1.82) is 0 Å². The van der Waals surface area contributed by atoms with Gasteiger partial charge >= 0.3 is 6.01 Å². The largest absolute Gasteiger partial charge is 0.497 e. The lowest BCUT2D eigenvalue weighted by atomic mass is 10.0. The number of methoxy groups -OCH3 is 1. The van der Waals surface area contributed by atoms with Gasteiger partial charge in [0.25, 0.3) is 5.91 Å². The minimum atomic E-state index is -0.117. The van der Waals surface area contributed by atoms with Crippen molar-refractivity contribution in [2.45, 2.75) is 19.9 Å². The summed E-state index contributed by atoms with van der Waals surface area (Å²) < 4.78 is 10.8. The van der Waals surface area contributed by atoms with Gasteiger partial charge in [-0.2, -0.15) is 0 Å². The van der Waals surface area contributed by atoms with Crippen LogP contribution in [-0.4, -0.2) is 23.0 Å². The first-order chi connectivity index (χ1) is 16.0. The first kappa shape index (κ1) is 22.0. The van der Waals surface area contributed by atoms with Gasteiger partial charge < -0.3 is 14.8 Å². The van der Waals surface area contributed by atoms with Crippen LogP contribution in [0.4, 0.5) is 0 Å². The van der Waals surface area contributed by atoms with E-state index in [0.29, 0.717) is 11.3 Å². The van der Waals surface area contributed by atoms with Gasteiger partial charge in [0.15, 0.2) is 0 Å². The Bertz CT molecular complexity index is 1200. The van der Waals surface area contributed by atoms with E-state index in [1.807, 2.05) is 62.4 Å². The summed E-state index contributed by atoms with van der Waals surface area (Å²) in [7, 11) is 1.61. The number of rotatable bonds is 7. The highest BCUT2D eigenvalue weighted by atomic mass is 16.5. The Morgan fingerprint density at radius 2 is 1.42 bits per heavy atom. The zero-order valence-electron chi connectivity index (χ0n) is 18.8. The third-order valence-corrected chi connectivity index (χ3v) is 5.30. The maximum Gasteiger partial charge on any atom is 0.321 e. The summed E-state index contributed by atoms with van der Waals surface area (Å²) in [6, 6.07) is 22.9. The van der Waals surface area contributed by atoms with Gasteiger partial charge in [-0.1, -0.05) is 42.0 Å². The van der Waals surface area contributed by atoms with Crippen LogP contribution in [0.2, 0.25) is 0 Å². The van der Waals surface area contributed by atoms with Gasteiger partial charge in [0.2, 0.25) is 0 Å². The standard InChI is InChI=1S/C27H25N3O3/c1-18-4-6-20(7-5-18)19(2)30-26(31)22-10-8-21(9-11-22)23-16-28-27(29-17-23)33-25-14-12-24(32-3)13-15-25/h4-17,19H,1-3H3,(H,30,31)/t19-/m1/s1. The molecule has 0 aliphatic carbocycles. The van der Waals surface area contributed by atoms with Gasteiger partial charge in [-0.25, -0.2) is 9.97 Å². The monoisotopic (exact) mass is 439 g/mol. The summed E-state index contributed by atoms with van der Waals surface area (Å²) in [6.45, 7) is 4.02. The van der Waals surface area contributed by atoms with Crippen LogP contribution in [0.1, 0.15) is 34.5 Å². The topological polar surface area (TPSA) is 73.3 Å². The molecule has 0 unspecified atom stereocenters. The zero-order chi connectivity index (χ0) is 23.2. The lowest BCUT2D eigenvalue weighted by Crippen LogP contribution is -2.26. The molecule has 4 rings (SSSR count). The summed E-state index contributed by atoms with van der Waals surface area (Å²) in [5.74, 6) is 1.26. The van der Waals surface area contributed by atoms with Crippen LogP contribution in [-0.2, 0) is 0 Å². The molecule has 33 heavy (non-hydrogen) atoms. The van der Waals surface area contributed by atoms with Crippen molar-refractivity contribution in [2.75, 3.05) is 7.11 Å².